The molecule has 1 fully saturated rings. The molecule has 7 nitrogen and oxygen atoms in total. The third-order valence-electron chi connectivity index (χ3n) is 4.03. The van der Waals surface area contributed by atoms with Gasteiger partial charge in [0.25, 0.3) is 0 Å². The van der Waals surface area contributed by atoms with Gasteiger partial charge in [-0.2, -0.15) is 8.78 Å². The highest BCUT2D eigenvalue weighted by atomic mass is 19.3. The topological polar surface area (TPSA) is 67.4 Å². The minimum atomic E-state index is -2.91. The maximum atomic E-state index is 12.5. The molecule has 9 heteroatoms. The van der Waals surface area contributed by atoms with Crippen LogP contribution >= 0.6 is 0 Å². The number of alkyl halides is 2. The monoisotopic (exact) mass is 386 g/mol. The van der Waals surface area contributed by atoms with Crippen LogP contribution in [0, 0.1) is 0 Å². The van der Waals surface area contributed by atoms with Crippen molar-refractivity contribution in [1.82, 2.24) is 15.5 Å². The molecule has 1 saturated heterocycles. The summed E-state index contributed by atoms with van der Waals surface area (Å²) in [7, 11) is 1.41. The molecule has 2 N–H and O–H groups in total. The van der Waals surface area contributed by atoms with Gasteiger partial charge in [-0.25, -0.2) is 4.99 Å². The van der Waals surface area contributed by atoms with Crippen LogP contribution in [0.15, 0.2) is 23.2 Å². The van der Waals surface area contributed by atoms with Gasteiger partial charge in [-0.3, -0.25) is 4.90 Å². The summed E-state index contributed by atoms with van der Waals surface area (Å²) in [6.45, 7) is 5.23. The maximum absolute atomic E-state index is 12.5. The lowest BCUT2D eigenvalue weighted by molar-refractivity contribution is -0.0512. The summed E-state index contributed by atoms with van der Waals surface area (Å²) in [5, 5.41) is 6.47. The third kappa shape index (κ3) is 7.56. The summed E-state index contributed by atoms with van der Waals surface area (Å²) < 4.78 is 40.0. The number of ether oxygens (including phenoxy) is 3. The first kappa shape index (κ1) is 21.2. The predicted octanol–water partition coefficient (Wildman–Crippen LogP) is 1.68. The Bertz CT molecular complexity index is 596. The molecule has 0 unspecified atom stereocenters. The fourth-order valence-electron chi connectivity index (χ4n) is 2.68. The third-order valence-corrected chi connectivity index (χ3v) is 4.03. The van der Waals surface area contributed by atoms with Crippen molar-refractivity contribution in [3.05, 3.63) is 23.8 Å². The number of hydrogen-bond acceptors (Lipinski definition) is 5. The van der Waals surface area contributed by atoms with Gasteiger partial charge in [0.2, 0.25) is 0 Å². The van der Waals surface area contributed by atoms with Crippen LogP contribution in [0.25, 0.3) is 0 Å². The van der Waals surface area contributed by atoms with E-state index in [1.54, 1.807) is 12.1 Å². The van der Waals surface area contributed by atoms with Crippen LogP contribution in [0.3, 0.4) is 0 Å². The lowest BCUT2D eigenvalue weighted by Gasteiger charge is -2.26. The summed E-state index contributed by atoms with van der Waals surface area (Å²) >= 11 is 0. The minimum Gasteiger partial charge on any atom is -0.493 e. The van der Waals surface area contributed by atoms with Gasteiger partial charge in [0, 0.05) is 32.7 Å². The molecular weight excluding hydrogens is 358 g/mol. The smallest absolute Gasteiger partial charge is 0.387 e. The molecule has 1 aliphatic rings. The Labute approximate surface area is 158 Å². The lowest BCUT2D eigenvalue weighted by Crippen LogP contribution is -2.44. The fraction of sp³-hybridized carbons (Fsp3) is 0.611. The van der Waals surface area contributed by atoms with E-state index >= 15 is 0 Å². The van der Waals surface area contributed by atoms with Crippen molar-refractivity contribution in [2.45, 2.75) is 20.1 Å². The molecular formula is C18H28F2N4O3. The van der Waals surface area contributed by atoms with Gasteiger partial charge >= 0.3 is 6.61 Å². The molecule has 0 atom stereocenters. The van der Waals surface area contributed by atoms with E-state index in [1.165, 1.54) is 13.2 Å². The number of methoxy groups -OCH3 is 1. The van der Waals surface area contributed by atoms with Gasteiger partial charge in [-0.1, -0.05) is 6.07 Å². The highest BCUT2D eigenvalue weighted by Crippen LogP contribution is 2.29. The highest BCUT2D eigenvalue weighted by Gasteiger charge is 2.12. The summed E-state index contributed by atoms with van der Waals surface area (Å²) in [4.78, 5) is 6.84. The van der Waals surface area contributed by atoms with E-state index in [2.05, 4.69) is 25.3 Å². The van der Waals surface area contributed by atoms with Crippen molar-refractivity contribution >= 4 is 5.96 Å². The Kier molecular flexibility index (Phi) is 9.06. The van der Waals surface area contributed by atoms with Crippen LogP contribution in [0.5, 0.6) is 11.5 Å². The van der Waals surface area contributed by atoms with Gasteiger partial charge in [-0.05, 0) is 24.6 Å². The Morgan fingerprint density at radius 3 is 2.70 bits per heavy atom. The molecule has 0 saturated carbocycles. The molecule has 0 radical (unpaired) electrons. The fourth-order valence-corrected chi connectivity index (χ4v) is 2.68. The van der Waals surface area contributed by atoms with Crippen LogP contribution in [0.4, 0.5) is 8.78 Å². The zero-order chi connectivity index (χ0) is 19.5. The van der Waals surface area contributed by atoms with Crippen LogP contribution < -0.4 is 20.1 Å². The Morgan fingerprint density at radius 1 is 1.26 bits per heavy atom. The second-order valence-electron chi connectivity index (χ2n) is 5.94. The molecule has 1 aromatic carbocycles. The van der Waals surface area contributed by atoms with Crippen LogP contribution in [-0.2, 0) is 11.3 Å². The molecule has 152 valence electrons. The minimum absolute atomic E-state index is 0.00507. The van der Waals surface area contributed by atoms with Crippen LogP contribution in [-0.4, -0.2) is 70.5 Å². The second-order valence-corrected chi connectivity index (χ2v) is 5.94. The van der Waals surface area contributed by atoms with Crippen LogP contribution in [0.2, 0.25) is 0 Å². The number of nitrogens with zero attached hydrogens (tertiary/aromatic N) is 2. The molecule has 0 bridgehead atoms. The molecule has 1 aliphatic heterocycles. The van der Waals surface area contributed by atoms with E-state index in [4.69, 9.17) is 9.47 Å². The largest absolute Gasteiger partial charge is 0.493 e. The zero-order valence-electron chi connectivity index (χ0n) is 15.8. The van der Waals surface area contributed by atoms with Crippen molar-refractivity contribution in [1.29, 1.82) is 0 Å². The van der Waals surface area contributed by atoms with Crippen molar-refractivity contribution in [2.75, 3.05) is 53.0 Å². The number of rotatable bonds is 9. The Balaban J connectivity index is 1.92. The van der Waals surface area contributed by atoms with Crippen molar-refractivity contribution in [3.8, 4) is 11.5 Å². The van der Waals surface area contributed by atoms with Crippen molar-refractivity contribution in [3.63, 3.8) is 0 Å². The first-order valence-corrected chi connectivity index (χ1v) is 9.06. The molecule has 0 spiro atoms. The summed E-state index contributed by atoms with van der Waals surface area (Å²) in [6, 6.07) is 4.89. The Hall–Kier alpha value is -2.13. The number of morpholine rings is 1. The SMILES string of the molecule is CCNC(=NCc1ccc(OC)c(OC(F)F)c1)NCCN1CCOCC1. The van der Waals surface area contributed by atoms with Gasteiger partial charge in [-0.15, -0.1) is 0 Å². The summed E-state index contributed by atoms with van der Waals surface area (Å²) in [6.07, 6.45) is 0. The number of benzene rings is 1. The van der Waals surface area contributed by atoms with Gasteiger partial charge in [0.1, 0.15) is 0 Å². The number of guanidine groups is 1. The average Bonchev–Trinajstić information content (AvgIpc) is 2.66. The number of nitrogens with one attached hydrogen (secondary N) is 2. The lowest BCUT2D eigenvalue weighted by atomic mass is 10.2. The van der Waals surface area contributed by atoms with Crippen molar-refractivity contribution in [2.24, 2.45) is 4.99 Å². The van der Waals surface area contributed by atoms with Crippen molar-refractivity contribution < 1.29 is 23.0 Å². The number of hydrogen-bond donors (Lipinski definition) is 2. The first-order valence-electron chi connectivity index (χ1n) is 9.06. The molecule has 2 rings (SSSR count). The van der Waals surface area contributed by atoms with Gasteiger partial charge in [0.15, 0.2) is 17.5 Å². The summed E-state index contributed by atoms with van der Waals surface area (Å²) in [5.41, 5.74) is 0.747. The summed E-state index contributed by atoms with van der Waals surface area (Å²) in [5.74, 6) is 0.946. The zero-order valence-corrected chi connectivity index (χ0v) is 15.8. The van der Waals surface area contributed by atoms with E-state index in [0.29, 0.717) is 12.5 Å². The predicted molar refractivity (Wildman–Crippen MR) is 99.7 cm³/mol. The Morgan fingerprint density at radius 2 is 2.04 bits per heavy atom. The maximum Gasteiger partial charge on any atom is 0.387 e. The van der Waals surface area contributed by atoms with E-state index < -0.39 is 6.61 Å². The highest BCUT2D eigenvalue weighted by molar-refractivity contribution is 5.79. The van der Waals surface area contributed by atoms with E-state index in [-0.39, 0.29) is 11.5 Å². The van der Waals surface area contributed by atoms with E-state index in [0.717, 1.165) is 51.5 Å². The first-order chi connectivity index (χ1) is 13.1. The van der Waals surface area contributed by atoms with Crippen LogP contribution in [0.1, 0.15) is 12.5 Å². The normalized spacial score (nSPS) is 15.7. The number of aliphatic imine (C=N–C) groups is 1. The van der Waals surface area contributed by atoms with Gasteiger partial charge < -0.3 is 24.8 Å². The van der Waals surface area contributed by atoms with E-state index in [1.807, 2.05) is 6.92 Å². The molecule has 1 heterocycles. The average molecular weight is 386 g/mol. The molecule has 0 aliphatic carbocycles. The standard InChI is InChI=1S/C18H28F2N4O3/c1-3-21-18(22-6-7-24-8-10-26-11-9-24)23-13-14-4-5-15(25-2)16(12-14)27-17(19)20/h4-5,12,17H,3,6-11,13H2,1-2H3,(H2,21,22,23). The quantitative estimate of drug-likeness (QED) is 0.497. The second kappa shape index (κ2) is 11.6. The van der Waals surface area contributed by atoms with E-state index in [9.17, 15) is 8.78 Å². The molecule has 0 amide bonds. The van der Waals surface area contributed by atoms with Gasteiger partial charge in [0.05, 0.1) is 26.9 Å². The number of halogens is 2. The molecule has 1 aromatic rings. The molecule has 27 heavy (non-hydrogen) atoms. The molecule has 0 aromatic heterocycles.